The van der Waals surface area contributed by atoms with Crippen molar-refractivity contribution in [2.75, 3.05) is 0 Å². The van der Waals surface area contributed by atoms with Crippen molar-refractivity contribution in [2.24, 2.45) is 0 Å². The van der Waals surface area contributed by atoms with E-state index >= 15 is 0 Å². The van der Waals surface area contributed by atoms with Crippen LogP contribution in [0.1, 0.15) is 46.8 Å². The van der Waals surface area contributed by atoms with Crippen LogP contribution in [0.3, 0.4) is 0 Å². The maximum absolute atomic E-state index is 10.7. The lowest BCUT2D eigenvalue weighted by molar-refractivity contribution is 0.112. The summed E-state index contributed by atoms with van der Waals surface area (Å²) in [6, 6.07) is 1.55. The number of aromatic hydroxyl groups is 1. The highest BCUT2D eigenvalue weighted by Crippen LogP contribution is 2.32. The van der Waals surface area contributed by atoms with Crippen LogP contribution < -0.4 is 0 Å². The van der Waals surface area contributed by atoms with Gasteiger partial charge in [-0.15, -0.1) is 0 Å². The Bertz CT molecular complexity index is 365. The van der Waals surface area contributed by atoms with Crippen LogP contribution in [-0.2, 0) is 0 Å². The highest BCUT2D eigenvalue weighted by molar-refractivity contribution is 5.79. The Hall–Kier alpha value is -1.31. The van der Waals surface area contributed by atoms with Gasteiger partial charge in [0.2, 0.25) is 0 Å². The summed E-state index contributed by atoms with van der Waals surface area (Å²) in [5.74, 6) is 0.500. The van der Waals surface area contributed by atoms with Crippen LogP contribution >= 0.6 is 0 Å². The third-order valence-electron chi connectivity index (χ3n) is 2.67. The van der Waals surface area contributed by atoms with Crippen LogP contribution in [0.4, 0.5) is 0 Å². The molecule has 0 saturated carbocycles. The minimum atomic E-state index is 0.227. The van der Waals surface area contributed by atoms with Gasteiger partial charge >= 0.3 is 0 Å². The number of aldehydes is 1. The van der Waals surface area contributed by atoms with Gasteiger partial charge in [-0.3, -0.25) is 4.79 Å². The predicted molar refractivity (Wildman–Crippen MR) is 57.1 cm³/mol. The molecule has 2 heteroatoms. The zero-order chi connectivity index (χ0) is 10.9. The molecule has 0 aliphatic carbocycles. The maximum atomic E-state index is 10.7. The van der Waals surface area contributed by atoms with Gasteiger partial charge in [0.25, 0.3) is 0 Å². The molecular formula is C12H16O2. The fraction of sp³-hybridized carbons (Fsp3) is 0.417. The van der Waals surface area contributed by atoms with Crippen LogP contribution in [0, 0.1) is 13.8 Å². The van der Waals surface area contributed by atoms with Gasteiger partial charge in [0.15, 0.2) is 0 Å². The van der Waals surface area contributed by atoms with Gasteiger partial charge in [0.05, 0.1) is 0 Å². The van der Waals surface area contributed by atoms with Crippen LogP contribution in [0.15, 0.2) is 6.07 Å². The normalized spacial score (nSPS) is 10.6. The van der Waals surface area contributed by atoms with Gasteiger partial charge in [-0.1, -0.05) is 13.8 Å². The van der Waals surface area contributed by atoms with Crippen molar-refractivity contribution < 1.29 is 9.90 Å². The van der Waals surface area contributed by atoms with Crippen molar-refractivity contribution in [1.82, 2.24) is 0 Å². The first-order valence-electron chi connectivity index (χ1n) is 4.77. The molecule has 1 N–H and O–H groups in total. The lowest BCUT2D eigenvalue weighted by Gasteiger charge is -2.15. The van der Waals surface area contributed by atoms with E-state index in [1.807, 2.05) is 27.7 Å². The molecular weight excluding hydrogens is 176 g/mol. The first-order chi connectivity index (χ1) is 6.49. The molecule has 14 heavy (non-hydrogen) atoms. The second-order valence-corrected chi connectivity index (χ2v) is 3.92. The quantitative estimate of drug-likeness (QED) is 0.731. The third-order valence-corrected chi connectivity index (χ3v) is 2.67. The summed E-state index contributed by atoms with van der Waals surface area (Å²) < 4.78 is 0. The number of carbonyl (C=O) groups is 1. The van der Waals surface area contributed by atoms with Crippen LogP contribution in [0.2, 0.25) is 0 Å². The molecule has 0 aliphatic heterocycles. The molecule has 76 valence electrons. The van der Waals surface area contributed by atoms with Crippen LogP contribution in [0.25, 0.3) is 0 Å². The van der Waals surface area contributed by atoms with Crippen molar-refractivity contribution in [3.05, 3.63) is 28.3 Å². The van der Waals surface area contributed by atoms with Crippen molar-refractivity contribution >= 4 is 6.29 Å². The molecule has 0 aromatic heterocycles. The number of carbonyl (C=O) groups excluding carboxylic acids is 1. The fourth-order valence-electron chi connectivity index (χ4n) is 1.80. The average Bonchev–Trinajstić information content (AvgIpc) is 2.10. The van der Waals surface area contributed by atoms with Crippen molar-refractivity contribution in [3.63, 3.8) is 0 Å². The largest absolute Gasteiger partial charge is 0.508 e. The van der Waals surface area contributed by atoms with E-state index in [0.29, 0.717) is 5.56 Å². The molecule has 1 aromatic rings. The molecule has 0 amide bonds. The zero-order valence-electron chi connectivity index (χ0n) is 9.09. The van der Waals surface area contributed by atoms with Crippen molar-refractivity contribution in [3.8, 4) is 5.75 Å². The summed E-state index contributed by atoms with van der Waals surface area (Å²) in [7, 11) is 0. The van der Waals surface area contributed by atoms with E-state index in [0.717, 1.165) is 23.0 Å². The lowest BCUT2D eigenvalue weighted by atomic mass is 9.91. The van der Waals surface area contributed by atoms with Gasteiger partial charge < -0.3 is 5.11 Å². The van der Waals surface area contributed by atoms with Gasteiger partial charge in [-0.2, -0.15) is 0 Å². The fourth-order valence-corrected chi connectivity index (χ4v) is 1.80. The van der Waals surface area contributed by atoms with E-state index in [1.54, 1.807) is 6.07 Å². The molecule has 0 fully saturated rings. The minimum Gasteiger partial charge on any atom is -0.508 e. The lowest BCUT2D eigenvalue weighted by Crippen LogP contribution is -1.99. The highest BCUT2D eigenvalue weighted by atomic mass is 16.3. The Balaban J connectivity index is 3.48. The SMILES string of the molecule is Cc1c(C=O)cc(O)c(C(C)C)c1C. The molecule has 0 spiro atoms. The molecule has 0 saturated heterocycles. The molecule has 0 radical (unpaired) electrons. The predicted octanol–water partition coefficient (Wildman–Crippen LogP) is 2.94. The highest BCUT2D eigenvalue weighted by Gasteiger charge is 2.13. The summed E-state index contributed by atoms with van der Waals surface area (Å²) in [4.78, 5) is 10.7. The topological polar surface area (TPSA) is 37.3 Å². The van der Waals surface area contributed by atoms with Crippen LogP contribution in [-0.4, -0.2) is 11.4 Å². The van der Waals surface area contributed by atoms with E-state index in [2.05, 4.69) is 0 Å². The molecule has 0 atom stereocenters. The Kier molecular flexibility index (Phi) is 2.94. The Labute approximate surface area is 84.6 Å². The Morgan fingerprint density at radius 1 is 1.29 bits per heavy atom. The molecule has 0 aliphatic rings. The van der Waals surface area contributed by atoms with Gasteiger partial charge in [-0.05, 0) is 42.5 Å². The number of hydrogen-bond acceptors (Lipinski definition) is 2. The smallest absolute Gasteiger partial charge is 0.150 e. The minimum absolute atomic E-state index is 0.227. The molecule has 2 nitrogen and oxygen atoms in total. The standard InChI is InChI=1S/C12H16O2/c1-7(2)12-9(4)8(3)10(6-13)5-11(12)14/h5-7,14H,1-4H3. The monoisotopic (exact) mass is 192 g/mol. The van der Waals surface area contributed by atoms with Crippen LogP contribution in [0.5, 0.6) is 5.75 Å². The van der Waals surface area contributed by atoms with E-state index in [9.17, 15) is 9.90 Å². The summed E-state index contributed by atoms with van der Waals surface area (Å²) in [6.07, 6.45) is 0.784. The number of hydrogen-bond donors (Lipinski definition) is 1. The van der Waals surface area contributed by atoms with E-state index in [1.165, 1.54) is 0 Å². The molecule has 1 aromatic carbocycles. The Morgan fingerprint density at radius 3 is 2.29 bits per heavy atom. The van der Waals surface area contributed by atoms with Gasteiger partial charge in [-0.25, -0.2) is 0 Å². The van der Waals surface area contributed by atoms with Crippen molar-refractivity contribution in [1.29, 1.82) is 0 Å². The molecule has 0 unspecified atom stereocenters. The second-order valence-electron chi connectivity index (χ2n) is 3.92. The van der Waals surface area contributed by atoms with E-state index < -0.39 is 0 Å². The summed E-state index contributed by atoms with van der Waals surface area (Å²) in [6.45, 7) is 7.91. The summed E-state index contributed by atoms with van der Waals surface area (Å²) >= 11 is 0. The van der Waals surface area contributed by atoms with E-state index in [4.69, 9.17) is 0 Å². The maximum Gasteiger partial charge on any atom is 0.150 e. The summed E-state index contributed by atoms with van der Waals surface area (Å²) in [5.41, 5.74) is 3.49. The third kappa shape index (κ3) is 1.65. The van der Waals surface area contributed by atoms with E-state index in [-0.39, 0.29) is 11.7 Å². The average molecular weight is 192 g/mol. The number of phenolic OH excluding ortho intramolecular Hbond substituents is 1. The molecule has 1 rings (SSSR count). The zero-order valence-corrected chi connectivity index (χ0v) is 9.09. The second kappa shape index (κ2) is 3.82. The number of rotatable bonds is 2. The Morgan fingerprint density at radius 2 is 1.86 bits per heavy atom. The van der Waals surface area contributed by atoms with Gasteiger partial charge in [0.1, 0.15) is 12.0 Å². The first kappa shape index (κ1) is 10.8. The van der Waals surface area contributed by atoms with Gasteiger partial charge in [0, 0.05) is 5.56 Å². The first-order valence-corrected chi connectivity index (χ1v) is 4.77. The number of benzene rings is 1. The van der Waals surface area contributed by atoms with Crippen molar-refractivity contribution in [2.45, 2.75) is 33.6 Å². The molecule has 0 bridgehead atoms. The molecule has 0 heterocycles. The number of phenols is 1. The summed E-state index contributed by atoms with van der Waals surface area (Å²) in [5, 5.41) is 9.74.